The van der Waals surface area contributed by atoms with Gasteiger partial charge in [-0.3, -0.25) is 10.1 Å². The third-order valence-corrected chi connectivity index (χ3v) is 4.22. The first-order valence-electron chi connectivity index (χ1n) is 7.92. The van der Waals surface area contributed by atoms with Crippen LogP contribution in [0.1, 0.15) is 43.0 Å². The van der Waals surface area contributed by atoms with Crippen molar-refractivity contribution in [3.8, 4) is 0 Å². The number of carbonyl (C=O) groups is 1. The second-order valence-corrected chi connectivity index (χ2v) is 5.95. The van der Waals surface area contributed by atoms with Crippen molar-refractivity contribution in [3.63, 3.8) is 0 Å². The number of nitro benzene ring substituents is 1. The number of hydrogen-bond donors (Lipinski definition) is 1. The van der Waals surface area contributed by atoms with E-state index in [1.165, 1.54) is 6.42 Å². The summed E-state index contributed by atoms with van der Waals surface area (Å²) in [5.74, 6) is -1.36. The quantitative estimate of drug-likeness (QED) is 0.280. The molecule has 0 radical (unpaired) electrons. The molecule has 0 aromatic heterocycles. The van der Waals surface area contributed by atoms with Gasteiger partial charge in [-0.15, -0.1) is 0 Å². The molecule has 1 aromatic carbocycles. The highest BCUT2D eigenvalue weighted by Crippen LogP contribution is 2.28. The summed E-state index contributed by atoms with van der Waals surface area (Å²) in [6.45, 7) is 2.33. The monoisotopic (exact) mass is 340 g/mol. The maximum Gasteiger partial charge on any atom is 0.340 e. The number of carbonyl (C=O) groups excluding carboxylic acids is 1. The topological polar surface area (TPSA) is 105 Å². The molecule has 1 fully saturated rings. The van der Waals surface area contributed by atoms with Crippen molar-refractivity contribution < 1.29 is 23.6 Å². The number of rotatable bonds is 6. The summed E-state index contributed by atoms with van der Waals surface area (Å²) in [4.78, 5) is 21.9. The van der Waals surface area contributed by atoms with Crippen molar-refractivity contribution in [2.75, 3.05) is 18.9 Å². The van der Waals surface area contributed by atoms with Crippen LogP contribution in [-0.4, -0.2) is 30.2 Å². The number of esters is 1. The molecule has 0 bridgehead atoms. The van der Waals surface area contributed by atoms with Crippen LogP contribution >= 0.6 is 0 Å². The summed E-state index contributed by atoms with van der Waals surface area (Å²) in [5, 5.41) is 10.8. The van der Waals surface area contributed by atoms with E-state index in [2.05, 4.69) is 6.92 Å². The molecule has 8 heteroatoms. The molecule has 2 atom stereocenters. The molecular formula is C16H21FN2O5. The van der Waals surface area contributed by atoms with Crippen LogP contribution in [0.15, 0.2) is 12.1 Å². The lowest BCUT2D eigenvalue weighted by Crippen LogP contribution is -2.27. The Morgan fingerprint density at radius 2 is 2.08 bits per heavy atom. The van der Waals surface area contributed by atoms with Gasteiger partial charge in [-0.25, -0.2) is 9.18 Å². The number of anilines is 1. The minimum absolute atomic E-state index is 0.0220. The van der Waals surface area contributed by atoms with Crippen LogP contribution in [0.2, 0.25) is 0 Å². The molecule has 1 aliphatic rings. The van der Waals surface area contributed by atoms with Gasteiger partial charge in [-0.1, -0.05) is 19.8 Å². The SMILES string of the molecule is C[C@@H]1CCCC[C@H]1OCCOC(=O)c1cc(F)cc([N+](=O)[O-])c1N. The Labute approximate surface area is 139 Å². The van der Waals surface area contributed by atoms with Crippen molar-refractivity contribution in [3.05, 3.63) is 33.6 Å². The largest absolute Gasteiger partial charge is 0.460 e. The van der Waals surface area contributed by atoms with E-state index in [0.717, 1.165) is 25.3 Å². The lowest BCUT2D eigenvalue weighted by molar-refractivity contribution is -0.384. The van der Waals surface area contributed by atoms with Crippen LogP contribution < -0.4 is 5.73 Å². The first-order valence-corrected chi connectivity index (χ1v) is 7.92. The van der Waals surface area contributed by atoms with Crippen molar-refractivity contribution in [2.24, 2.45) is 5.92 Å². The van der Waals surface area contributed by atoms with Gasteiger partial charge in [0, 0.05) is 0 Å². The molecule has 0 heterocycles. The summed E-state index contributed by atoms with van der Waals surface area (Å²) < 4.78 is 24.1. The molecule has 24 heavy (non-hydrogen) atoms. The minimum atomic E-state index is -0.921. The number of halogens is 1. The van der Waals surface area contributed by atoms with E-state index < -0.39 is 28.1 Å². The second kappa shape index (κ2) is 8.05. The van der Waals surface area contributed by atoms with Gasteiger partial charge in [0.1, 0.15) is 18.1 Å². The molecule has 0 saturated heterocycles. The minimum Gasteiger partial charge on any atom is -0.460 e. The molecule has 7 nitrogen and oxygen atoms in total. The number of nitrogens with zero attached hydrogens (tertiary/aromatic N) is 1. The summed E-state index contributed by atoms with van der Waals surface area (Å²) in [6.07, 6.45) is 4.58. The Morgan fingerprint density at radius 1 is 1.38 bits per heavy atom. The van der Waals surface area contributed by atoms with Crippen LogP contribution in [0.5, 0.6) is 0 Å². The molecule has 0 aliphatic heterocycles. The van der Waals surface area contributed by atoms with Crippen LogP contribution in [0.25, 0.3) is 0 Å². The highest BCUT2D eigenvalue weighted by molar-refractivity contribution is 5.97. The second-order valence-electron chi connectivity index (χ2n) is 5.95. The van der Waals surface area contributed by atoms with Crippen molar-refractivity contribution in [1.29, 1.82) is 0 Å². The molecule has 1 saturated carbocycles. The molecule has 0 amide bonds. The van der Waals surface area contributed by atoms with E-state index in [4.69, 9.17) is 15.2 Å². The van der Waals surface area contributed by atoms with E-state index in [1.54, 1.807) is 0 Å². The zero-order chi connectivity index (χ0) is 17.7. The molecule has 1 aliphatic carbocycles. The van der Waals surface area contributed by atoms with E-state index in [9.17, 15) is 19.3 Å². The van der Waals surface area contributed by atoms with Gasteiger partial charge >= 0.3 is 5.97 Å². The number of nitrogen functional groups attached to an aromatic ring is 1. The zero-order valence-electron chi connectivity index (χ0n) is 13.5. The Hall–Kier alpha value is -2.22. The van der Waals surface area contributed by atoms with Crippen LogP contribution in [0.4, 0.5) is 15.8 Å². The first-order chi connectivity index (χ1) is 11.4. The average molecular weight is 340 g/mol. The van der Waals surface area contributed by atoms with Gasteiger partial charge in [-0.05, 0) is 24.8 Å². The average Bonchev–Trinajstić information content (AvgIpc) is 2.54. The van der Waals surface area contributed by atoms with Gasteiger partial charge in [0.15, 0.2) is 0 Å². The van der Waals surface area contributed by atoms with Crippen molar-refractivity contribution in [1.82, 2.24) is 0 Å². The molecule has 2 rings (SSSR count). The van der Waals surface area contributed by atoms with E-state index in [-0.39, 0.29) is 24.9 Å². The Balaban J connectivity index is 1.90. The van der Waals surface area contributed by atoms with Crippen LogP contribution in [-0.2, 0) is 9.47 Å². The van der Waals surface area contributed by atoms with Gasteiger partial charge in [0.25, 0.3) is 5.69 Å². The highest BCUT2D eigenvalue weighted by Gasteiger charge is 2.24. The zero-order valence-corrected chi connectivity index (χ0v) is 13.5. The van der Waals surface area contributed by atoms with E-state index in [1.807, 2.05) is 0 Å². The Morgan fingerprint density at radius 3 is 2.75 bits per heavy atom. The van der Waals surface area contributed by atoms with Crippen molar-refractivity contribution in [2.45, 2.75) is 38.7 Å². The number of ether oxygens (including phenoxy) is 2. The Kier molecular flexibility index (Phi) is 6.08. The molecule has 0 spiro atoms. The van der Waals surface area contributed by atoms with Gasteiger partial charge in [0.05, 0.1) is 29.3 Å². The fourth-order valence-electron chi connectivity index (χ4n) is 2.87. The van der Waals surface area contributed by atoms with E-state index in [0.29, 0.717) is 12.0 Å². The maximum atomic E-state index is 13.4. The Bertz CT molecular complexity index is 623. The fourth-order valence-corrected chi connectivity index (χ4v) is 2.87. The van der Waals surface area contributed by atoms with Crippen molar-refractivity contribution >= 4 is 17.3 Å². The maximum absolute atomic E-state index is 13.4. The summed E-state index contributed by atoms with van der Waals surface area (Å²) in [6, 6.07) is 1.49. The number of benzene rings is 1. The number of nitrogens with two attached hydrogens (primary N) is 1. The van der Waals surface area contributed by atoms with Gasteiger partial charge in [0.2, 0.25) is 0 Å². The molecule has 2 N–H and O–H groups in total. The third-order valence-electron chi connectivity index (χ3n) is 4.22. The fraction of sp³-hybridized carbons (Fsp3) is 0.562. The number of hydrogen-bond acceptors (Lipinski definition) is 6. The third kappa shape index (κ3) is 4.41. The summed E-state index contributed by atoms with van der Waals surface area (Å²) in [5.41, 5.74) is 4.13. The van der Waals surface area contributed by atoms with Gasteiger partial charge in [-0.2, -0.15) is 0 Å². The molecule has 0 unspecified atom stereocenters. The lowest BCUT2D eigenvalue weighted by Gasteiger charge is -2.28. The summed E-state index contributed by atoms with van der Waals surface area (Å²) in [7, 11) is 0. The predicted octanol–water partition coefficient (Wildman–Crippen LogP) is 3.07. The molecule has 1 aromatic rings. The van der Waals surface area contributed by atoms with E-state index >= 15 is 0 Å². The first kappa shape index (κ1) is 18.1. The molecular weight excluding hydrogens is 319 g/mol. The van der Waals surface area contributed by atoms with Crippen LogP contribution in [0.3, 0.4) is 0 Å². The number of nitro groups is 1. The summed E-state index contributed by atoms with van der Waals surface area (Å²) >= 11 is 0. The van der Waals surface area contributed by atoms with Gasteiger partial charge < -0.3 is 15.2 Å². The standard InChI is InChI=1S/C16H21FN2O5/c1-10-4-2-3-5-14(10)23-6-7-24-16(20)12-8-11(17)9-13(15(12)18)19(21)22/h8-10,14H,2-7,18H2,1H3/t10-,14-/m1/s1. The molecule has 132 valence electrons. The lowest BCUT2D eigenvalue weighted by atomic mass is 9.88. The smallest absolute Gasteiger partial charge is 0.340 e. The predicted molar refractivity (Wildman–Crippen MR) is 85.1 cm³/mol. The normalized spacial score (nSPS) is 20.6. The van der Waals surface area contributed by atoms with Crippen LogP contribution in [0, 0.1) is 21.8 Å². The highest BCUT2D eigenvalue weighted by atomic mass is 19.1.